The molecule has 1 aromatic carbocycles. The lowest BCUT2D eigenvalue weighted by molar-refractivity contribution is 0.352. The van der Waals surface area contributed by atoms with Crippen LogP contribution in [0.3, 0.4) is 0 Å². The molecular formula is C16H23N3O2. The van der Waals surface area contributed by atoms with Crippen LogP contribution in [-0.2, 0) is 6.42 Å². The summed E-state index contributed by atoms with van der Waals surface area (Å²) in [6.45, 7) is 5.24. The van der Waals surface area contributed by atoms with Crippen molar-refractivity contribution in [1.82, 2.24) is 15.5 Å². The minimum atomic E-state index is 0.393. The molecule has 0 saturated carbocycles. The van der Waals surface area contributed by atoms with E-state index in [0.717, 1.165) is 37.1 Å². The fourth-order valence-electron chi connectivity index (χ4n) is 2.32. The van der Waals surface area contributed by atoms with Crippen LogP contribution in [0.5, 0.6) is 5.75 Å². The third-order valence-electron chi connectivity index (χ3n) is 3.37. The van der Waals surface area contributed by atoms with Gasteiger partial charge in [-0.3, -0.25) is 0 Å². The number of rotatable bonds is 8. The standard InChI is InChI=1S/C16H23N3O2/c1-4-6-13(17-5-2)11-15-18-16(19-21-15)12-7-9-14(20-3)10-8-12/h7-10,13,17H,4-6,11H2,1-3H3. The molecule has 0 aliphatic rings. The number of nitrogens with zero attached hydrogens (tertiary/aromatic N) is 2. The smallest absolute Gasteiger partial charge is 0.228 e. The quantitative estimate of drug-likeness (QED) is 0.809. The molecule has 0 radical (unpaired) electrons. The Kier molecular flexibility index (Phi) is 5.75. The molecule has 1 atom stereocenters. The van der Waals surface area contributed by atoms with Crippen LogP contribution < -0.4 is 10.1 Å². The number of ether oxygens (including phenoxy) is 1. The molecule has 2 rings (SSSR count). The van der Waals surface area contributed by atoms with E-state index in [1.165, 1.54) is 0 Å². The number of methoxy groups -OCH3 is 1. The number of nitrogens with one attached hydrogen (secondary N) is 1. The molecule has 0 amide bonds. The van der Waals surface area contributed by atoms with Crippen molar-refractivity contribution in [3.63, 3.8) is 0 Å². The molecule has 0 fully saturated rings. The molecule has 0 bridgehead atoms. The number of likely N-dealkylation sites (N-methyl/N-ethyl adjacent to an activating group) is 1. The highest BCUT2D eigenvalue weighted by atomic mass is 16.5. The van der Waals surface area contributed by atoms with E-state index >= 15 is 0 Å². The summed E-state index contributed by atoms with van der Waals surface area (Å²) >= 11 is 0. The third-order valence-corrected chi connectivity index (χ3v) is 3.37. The predicted molar refractivity (Wildman–Crippen MR) is 82.4 cm³/mol. The molecule has 1 heterocycles. The van der Waals surface area contributed by atoms with E-state index < -0.39 is 0 Å². The van der Waals surface area contributed by atoms with Crippen LogP contribution in [0, 0.1) is 0 Å². The lowest BCUT2D eigenvalue weighted by Crippen LogP contribution is -2.30. The van der Waals surface area contributed by atoms with Gasteiger partial charge in [-0.15, -0.1) is 0 Å². The van der Waals surface area contributed by atoms with Crippen molar-refractivity contribution in [3.8, 4) is 17.1 Å². The summed E-state index contributed by atoms with van der Waals surface area (Å²) < 4.78 is 10.5. The second-order valence-electron chi connectivity index (χ2n) is 4.99. The van der Waals surface area contributed by atoms with Crippen LogP contribution in [0.2, 0.25) is 0 Å². The van der Waals surface area contributed by atoms with E-state index in [-0.39, 0.29) is 0 Å². The number of benzene rings is 1. The maximum absolute atomic E-state index is 5.37. The van der Waals surface area contributed by atoms with Gasteiger partial charge in [0.2, 0.25) is 11.7 Å². The largest absolute Gasteiger partial charge is 0.497 e. The van der Waals surface area contributed by atoms with Crippen molar-refractivity contribution in [2.24, 2.45) is 0 Å². The molecule has 0 aliphatic carbocycles. The highest BCUT2D eigenvalue weighted by Gasteiger charge is 2.14. The van der Waals surface area contributed by atoms with Crippen LogP contribution in [0.1, 0.15) is 32.6 Å². The van der Waals surface area contributed by atoms with Gasteiger partial charge in [0.1, 0.15) is 5.75 Å². The first kappa shape index (κ1) is 15.5. The van der Waals surface area contributed by atoms with Gasteiger partial charge < -0.3 is 14.6 Å². The van der Waals surface area contributed by atoms with Gasteiger partial charge in [0.05, 0.1) is 7.11 Å². The van der Waals surface area contributed by atoms with Gasteiger partial charge in [0.25, 0.3) is 0 Å². The summed E-state index contributed by atoms with van der Waals surface area (Å²) in [6.07, 6.45) is 3.01. The Morgan fingerprint density at radius 1 is 1.24 bits per heavy atom. The van der Waals surface area contributed by atoms with E-state index in [4.69, 9.17) is 9.26 Å². The van der Waals surface area contributed by atoms with E-state index in [2.05, 4.69) is 29.3 Å². The first-order valence-corrected chi connectivity index (χ1v) is 7.47. The predicted octanol–water partition coefficient (Wildman–Crippen LogP) is 3.07. The Balaban J connectivity index is 2.05. The lowest BCUT2D eigenvalue weighted by atomic mass is 10.1. The molecule has 5 nitrogen and oxygen atoms in total. The van der Waals surface area contributed by atoms with Gasteiger partial charge in [-0.05, 0) is 37.2 Å². The second-order valence-corrected chi connectivity index (χ2v) is 4.99. The summed E-state index contributed by atoms with van der Waals surface area (Å²) in [7, 11) is 1.65. The minimum Gasteiger partial charge on any atom is -0.497 e. The summed E-state index contributed by atoms with van der Waals surface area (Å²) in [6, 6.07) is 8.04. The highest BCUT2D eigenvalue weighted by molar-refractivity contribution is 5.55. The molecule has 0 saturated heterocycles. The molecule has 1 unspecified atom stereocenters. The van der Waals surface area contributed by atoms with E-state index in [1.807, 2.05) is 24.3 Å². The topological polar surface area (TPSA) is 60.2 Å². The van der Waals surface area contributed by atoms with Gasteiger partial charge >= 0.3 is 0 Å². The summed E-state index contributed by atoms with van der Waals surface area (Å²) in [5.41, 5.74) is 0.932. The third kappa shape index (κ3) is 4.29. The molecule has 2 aromatic rings. The van der Waals surface area contributed by atoms with Crippen LogP contribution in [0.25, 0.3) is 11.4 Å². The maximum Gasteiger partial charge on any atom is 0.228 e. The zero-order valence-corrected chi connectivity index (χ0v) is 12.9. The van der Waals surface area contributed by atoms with E-state index in [9.17, 15) is 0 Å². The van der Waals surface area contributed by atoms with Crippen LogP contribution in [-0.4, -0.2) is 29.8 Å². The van der Waals surface area contributed by atoms with Crippen molar-refractivity contribution in [3.05, 3.63) is 30.2 Å². The molecule has 5 heteroatoms. The van der Waals surface area contributed by atoms with Crippen LogP contribution >= 0.6 is 0 Å². The minimum absolute atomic E-state index is 0.393. The van der Waals surface area contributed by atoms with Crippen LogP contribution in [0.15, 0.2) is 28.8 Å². The van der Waals surface area contributed by atoms with E-state index in [1.54, 1.807) is 7.11 Å². The SMILES string of the molecule is CCCC(Cc1nc(-c2ccc(OC)cc2)no1)NCC. The monoisotopic (exact) mass is 289 g/mol. The first-order chi connectivity index (χ1) is 10.3. The Labute approximate surface area is 125 Å². The Morgan fingerprint density at radius 2 is 2.00 bits per heavy atom. The molecule has 1 aromatic heterocycles. The van der Waals surface area contributed by atoms with Crippen LogP contribution in [0.4, 0.5) is 0 Å². The second kappa shape index (κ2) is 7.78. The molecule has 0 aliphatic heterocycles. The Hall–Kier alpha value is -1.88. The Morgan fingerprint density at radius 3 is 2.62 bits per heavy atom. The zero-order chi connectivity index (χ0) is 15.1. The Bertz CT molecular complexity index is 531. The summed E-state index contributed by atoms with van der Waals surface area (Å²) in [4.78, 5) is 4.48. The van der Waals surface area contributed by atoms with Gasteiger partial charge in [-0.2, -0.15) is 4.98 Å². The van der Waals surface area contributed by atoms with Gasteiger partial charge in [-0.1, -0.05) is 25.4 Å². The van der Waals surface area contributed by atoms with E-state index in [0.29, 0.717) is 17.8 Å². The van der Waals surface area contributed by atoms with Crippen molar-refractivity contribution in [2.45, 2.75) is 39.2 Å². The van der Waals surface area contributed by atoms with Gasteiger partial charge in [0, 0.05) is 18.0 Å². The fourth-order valence-corrected chi connectivity index (χ4v) is 2.32. The number of hydrogen-bond acceptors (Lipinski definition) is 5. The van der Waals surface area contributed by atoms with Gasteiger partial charge in [0.15, 0.2) is 0 Å². The van der Waals surface area contributed by atoms with Crippen molar-refractivity contribution < 1.29 is 9.26 Å². The fraction of sp³-hybridized carbons (Fsp3) is 0.500. The summed E-state index contributed by atoms with van der Waals surface area (Å²) in [5.74, 6) is 2.12. The average Bonchev–Trinajstić information content (AvgIpc) is 2.96. The molecular weight excluding hydrogens is 266 g/mol. The lowest BCUT2D eigenvalue weighted by Gasteiger charge is -2.14. The molecule has 0 spiro atoms. The van der Waals surface area contributed by atoms with Gasteiger partial charge in [-0.25, -0.2) is 0 Å². The average molecular weight is 289 g/mol. The maximum atomic E-state index is 5.37. The zero-order valence-electron chi connectivity index (χ0n) is 12.9. The summed E-state index contributed by atoms with van der Waals surface area (Å²) in [5, 5.41) is 7.51. The molecule has 1 N–H and O–H groups in total. The highest BCUT2D eigenvalue weighted by Crippen LogP contribution is 2.20. The molecule has 21 heavy (non-hydrogen) atoms. The number of aromatic nitrogens is 2. The van der Waals surface area contributed by atoms with Crippen molar-refractivity contribution >= 4 is 0 Å². The van der Waals surface area contributed by atoms with Crippen molar-refractivity contribution in [2.75, 3.05) is 13.7 Å². The molecule has 114 valence electrons. The first-order valence-electron chi connectivity index (χ1n) is 7.47. The number of hydrogen-bond donors (Lipinski definition) is 1. The van der Waals surface area contributed by atoms with Crippen molar-refractivity contribution in [1.29, 1.82) is 0 Å². The normalized spacial score (nSPS) is 12.3.